The Kier molecular flexibility index (Phi) is 4.55. The molecule has 4 N–H and O–H groups in total. The van der Waals surface area contributed by atoms with Gasteiger partial charge >= 0.3 is 0 Å². The Labute approximate surface area is 165 Å². The predicted molar refractivity (Wildman–Crippen MR) is 103 cm³/mol. The van der Waals surface area contributed by atoms with Crippen LogP contribution in [-0.2, 0) is 10.0 Å². The average molecular weight is 425 g/mol. The third kappa shape index (κ3) is 3.91. The van der Waals surface area contributed by atoms with Crippen LogP contribution in [-0.4, -0.2) is 28.6 Å². The largest absolute Gasteiger partial charge is 0.322 e. The van der Waals surface area contributed by atoms with E-state index in [0.717, 1.165) is 18.5 Å². The quantitative estimate of drug-likeness (QED) is 0.575. The predicted octanol–water partition coefficient (Wildman–Crippen LogP) is 3.44. The molecule has 0 bridgehead atoms. The van der Waals surface area contributed by atoms with Gasteiger partial charge in [-0.3, -0.25) is 5.10 Å². The monoisotopic (exact) mass is 424 g/mol. The van der Waals surface area contributed by atoms with E-state index in [-0.39, 0.29) is 15.7 Å². The molecule has 4 rings (SSSR count). The van der Waals surface area contributed by atoms with E-state index >= 15 is 0 Å². The lowest BCUT2D eigenvalue weighted by Gasteiger charge is -2.08. The number of primary sulfonamides is 1. The molecular formula is C16H14Cl2N6O2S. The van der Waals surface area contributed by atoms with Crippen molar-refractivity contribution >= 4 is 44.9 Å². The van der Waals surface area contributed by atoms with E-state index in [9.17, 15) is 8.42 Å². The molecule has 0 unspecified atom stereocenters. The molecule has 2 heterocycles. The van der Waals surface area contributed by atoms with Crippen LogP contribution in [0.15, 0.2) is 35.4 Å². The van der Waals surface area contributed by atoms with Crippen molar-refractivity contribution in [2.75, 3.05) is 5.32 Å². The third-order valence-corrected chi connectivity index (χ3v) is 5.77. The topological polar surface area (TPSA) is 127 Å². The maximum Gasteiger partial charge on any atom is 0.239 e. The van der Waals surface area contributed by atoms with Gasteiger partial charge in [-0.05, 0) is 31.0 Å². The lowest BCUT2D eigenvalue weighted by molar-refractivity contribution is 0.598. The van der Waals surface area contributed by atoms with Gasteiger partial charge in [-0.15, -0.1) is 0 Å². The molecule has 1 saturated carbocycles. The van der Waals surface area contributed by atoms with Crippen molar-refractivity contribution in [1.82, 2.24) is 20.2 Å². The van der Waals surface area contributed by atoms with Gasteiger partial charge in [0.2, 0.25) is 10.0 Å². The molecule has 2 aromatic heterocycles. The summed E-state index contributed by atoms with van der Waals surface area (Å²) < 4.78 is 23.3. The van der Waals surface area contributed by atoms with Gasteiger partial charge in [-0.25, -0.2) is 23.5 Å². The standard InChI is InChI=1S/C16H14Cl2N6O2S/c17-10-4-3-9(5-13(10)27(19,25)26)15-20-7-11(18)16(22-15)21-14-6-12(23-24-14)8-1-2-8/h3-8H,1-2H2,(H2,19,25,26)(H2,20,21,22,23,24). The van der Waals surface area contributed by atoms with Gasteiger partial charge < -0.3 is 5.32 Å². The molecule has 0 spiro atoms. The highest BCUT2D eigenvalue weighted by Crippen LogP contribution is 2.40. The Morgan fingerprint density at radius 2 is 1.96 bits per heavy atom. The summed E-state index contributed by atoms with van der Waals surface area (Å²) in [6.07, 6.45) is 3.73. The Bertz CT molecular complexity index is 1130. The van der Waals surface area contributed by atoms with Crippen LogP contribution in [0.5, 0.6) is 0 Å². The summed E-state index contributed by atoms with van der Waals surface area (Å²) in [5, 5.41) is 15.8. The number of benzene rings is 1. The van der Waals surface area contributed by atoms with E-state index in [4.69, 9.17) is 28.3 Å². The molecular weight excluding hydrogens is 411 g/mol. The molecule has 1 aromatic carbocycles. The van der Waals surface area contributed by atoms with Crippen LogP contribution in [0.3, 0.4) is 0 Å². The first-order valence-electron chi connectivity index (χ1n) is 7.99. The molecule has 11 heteroatoms. The number of anilines is 2. The van der Waals surface area contributed by atoms with Crippen molar-refractivity contribution in [3.63, 3.8) is 0 Å². The fraction of sp³-hybridized carbons (Fsp3) is 0.188. The summed E-state index contributed by atoms with van der Waals surface area (Å²) in [4.78, 5) is 8.33. The molecule has 1 fully saturated rings. The first kappa shape index (κ1) is 18.2. The van der Waals surface area contributed by atoms with Crippen molar-refractivity contribution in [2.24, 2.45) is 5.14 Å². The molecule has 3 aromatic rings. The Morgan fingerprint density at radius 1 is 1.19 bits per heavy atom. The average Bonchev–Trinajstić information content (AvgIpc) is 3.36. The summed E-state index contributed by atoms with van der Waals surface area (Å²) in [6, 6.07) is 6.27. The number of rotatable bonds is 5. The number of aromatic nitrogens is 4. The number of nitrogens with one attached hydrogen (secondary N) is 2. The molecule has 140 valence electrons. The van der Waals surface area contributed by atoms with E-state index in [1.165, 1.54) is 18.3 Å². The molecule has 8 nitrogen and oxygen atoms in total. The highest BCUT2D eigenvalue weighted by atomic mass is 35.5. The van der Waals surface area contributed by atoms with Gasteiger partial charge in [-0.2, -0.15) is 5.10 Å². The first-order chi connectivity index (χ1) is 12.8. The maximum atomic E-state index is 11.7. The van der Waals surface area contributed by atoms with E-state index in [0.29, 0.717) is 28.1 Å². The molecule has 0 radical (unpaired) electrons. The van der Waals surface area contributed by atoms with Gasteiger partial charge in [0.25, 0.3) is 0 Å². The van der Waals surface area contributed by atoms with Gasteiger partial charge in [-0.1, -0.05) is 23.2 Å². The van der Waals surface area contributed by atoms with E-state index in [1.54, 1.807) is 6.07 Å². The number of H-pyrrole nitrogens is 1. The normalized spacial score (nSPS) is 14.3. The van der Waals surface area contributed by atoms with Gasteiger partial charge in [0.15, 0.2) is 17.5 Å². The molecule has 0 amide bonds. The summed E-state index contributed by atoms with van der Waals surface area (Å²) in [5.41, 5.74) is 1.50. The van der Waals surface area contributed by atoms with E-state index in [2.05, 4.69) is 25.5 Å². The smallest absolute Gasteiger partial charge is 0.239 e. The number of halogens is 2. The van der Waals surface area contributed by atoms with Crippen LogP contribution < -0.4 is 10.5 Å². The van der Waals surface area contributed by atoms with Crippen LogP contribution in [0.2, 0.25) is 10.0 Å². The number of hydrogen-bond donors (Lipinski definition) is 3. The minimum Gasteiger partial charge on any atom is -0.322 e. The van der Waals surface area contributed by atoms with E-state index in [1.807, 2.05) is 6.07 Å². The molecule has 0 atom stereocenters. The zero-order valence-corrected chi connectivity index (χ0v) is 16.1. The van der Waals surface area contributed by atoms with Crippen molar-refractivity contribution in [3.8, 4) is 11.4 Å². The van der Waals surface area contributed by atoms with Crippen LogP contribution in [0, 0.1) is 0 Å². The Balaban J connectivity index is 1.67. The molecule has 1 aliphatic carbocycles. The minimum atomic E-state index is -3.97. The zero-order valence-electron chi connectivity index (χ0n) is 13.8. The Hall–Kier alpha value is -2.20. The van der Waals surface area contributed by atoms with Gasteiger partial charge in [0.1, 0.15) is 9.92 Å². The van der Waals surface area contributed by atoms with Crippen LogP contribution >= 0.6 is 23.2 Å². The minimum absolute atomic E-state index is 0.0256. The number of nitrogens with zero attached hydrogens (tertiary/aromatic N) is 3. The van der Waals surface area contributed by atoms with Gasteiger partial charge in [0, 0.05) is 23.2 Å². The number of nitrogens with two attached hydrogens (primary N) is 1. The molecule has 1 aliphatic rings. The van der Waals surface area contributed by atoms with Crippen molar-refractivity contribution in [2.45, 2.75) is 23.7 Å². The summed E-state index contributed by atoms with van der Waals surface area (Å²) >= 11 is 12.1. The zero-order chi connectivity index (χ0) is 19.2. The second kappa shape index (κ2) is 6.75. The number of sulfonamides is 1. The number of hydrogen-bond acceptors (Lipinski definition) is 6. The second-order valence-corrected chi connectivity index (χ2v) is 8.53. The van der Waals surface area contributed by atoms with Crippen LogP contribution in [0.4, 0.5) is 11.6 Å². The first-order valence-corrected chi connectivity index (χ1v) is 10.3. The maximum absolute atomic E-state index is 11.7. The second-order valence-electron chi connectivity index (χ2n) is 6.19. The lowest BCUT2D eigenvalue weighted by Crippen LogP contribution is -2.13. The number of aromatic amines is 1. The van der Waals surface area contributed by atoms with Crippen molar-refractivity contribution < 1.29 is 8.42 Å². The fourth-order valence-electron chi connectivity index (χ4n) is 2.58. The fourth-order valence-corrected chi connectivity index (χ4v) is 3.79. The van der Waals surface area contributed by atoms with Crippen LogP contribution in [0.25, 0.3) is 11.4 Å². The molecule has 0 aliphatic heterocycles. The summed E-state index contributed by atoms with van der Waals surface area (Å²) in [6.45, 7) is 0. The lowest BCUT2D eigenvalue weighted by atomic mass is 10.2. The Morgan fingerprint density at radius 3 is 2.67 bits per heavy atom. The molecule has 27 heavy (non-hydrogen) atoms. The van der Waals surface area contributed by atoms with Crippen molar-refractivity contribution in [1.29, 1.82) is 0 Å². The highest BCUT2D eigenvalue weighted by Gasteiger charge is 2.25. The third-order valence-electron chi connectivity index (χ3n) is 4.10. The van der Waals surface area contributed by atoms with Gasteiger partial charge in [0.05, 0.1) is 11.2 Å². The summed E-state index contributed by atoms with van der Waals surface area (Å²) in [7, 11) is -3.97. The summed E-state index contributed by atoms with van der Waals surface area (Å²) in [5.74, 6) is 1.74. The highest BCUT2D eigenvalue weighted by molar-refractivity contribution is 7.89. The van der Waals surface area contributed by atoms with Crippen LogP contribution in [0.1, 0.15) is 24.5 Å². The SMILES string of the molecule is NS(=O)(=O)c1cc(-c2ncc(Cl)c(Nc3cc(C4CC4)[nH]n3)n2)ccc1Cl. The van der Waals surface area contributed by atoms with Crippen molar-refractivity contribution in [3.05, 3.63) is 46.2 Å². The molecule has 0 saturated heterocycles. The van der Waals surface area contributed by atoms with E-state index < -0.39 is 10.0 Å².